The lowest BCUT2D eigenvalue weighted by Gasteiger charge is -2.19. The van der Waals surface area contributed by atoms with Gasteiger partial charge in [0.05, 0.1) is 11.3 Å². The van der Waals surface area contributed by atoms with Crippen LogP contribution < -0.4 is 5.32 Å². The van der Waals surface area contributed by atoms with E-state index in [2.05, 4.69) is 5.32 Å². The Balaban J connectivity index is 2.01. The summed E-state index contributed by atoms with van der Waals surface area (Å²) in [5.41, 5.74) is 0.722. The predicted octanol–water partition coefficient (Wildman–Crippen LogP) is 0.959. The molecule has 0 spiro atoms. The van der Waals surface area contributed by atoms with E-state index in [0.29, 0.717) is 12.1 Å². The highest BCUT2D eigenvalue weighted by Gasteiger charge is 2.16. The SMILES string of the molecule is O=C(Cc1cccc([N+](=O)[O-])c1)N1CCCNCC1. The molecule has 1 aromatic carbocycles. The van der Waals surface area contributed by atoms with Gasteiger partial charge >= 0.3 is 0 Å². The molecule has 19 heavy (non-hydrogen) atoms. The van der Waals surface area contributed by atoms with Crippen LogP contribution in [0.3, 0.4) is 0 Å². The minimum Gasteiger partial charge on any atom is -0.341 e. The zero-order valence-corrected chi connectivity index (χ0v) is 10.7. The third-order valence-corrected chi connectivity index (χ3v) is 3.17. The average Bonchev–Trinajstić information content (AvgIpc) is 2.68. The lowest BCUT2D eigenvalue weighted by molar-refractivity contribution is -0.384. The van der Waals surface area contributed by atoms with Crippen molar-refractivity contribution in [3.8, 4) is 0 Å². The monoisotopic (exact) mass is 263 g/mol. The second kappa shape index (κ2) is 6.29. The van der Waals surface area contributed by atoms with Crippen molar-refractivity contribution in [2.75, 3.05) is 26.2 Å². The summed E-state index contributed by atoms with van der Waals surface area (Å²) in [5, 5.41) is 13.9. The molecule has 0 saturated carbocycles. The summed E-state index contributed by atoms with van der Waals surface area (Å²) in [6.07, 6.45) is 1.17. The van der Waals surface area contributed by atoms with Crippen LogP contribution in [0.15, 0.2) is 24.3 Å². The summed E-state index contributed by atoms with van der Waals surface area (Å²) in [4.78, 5) is 24.2. The van der Waals surface area contributed by atoms with E-state index in [1.54, 1.807) is 12.1 Å². The second-order valence-electron chi connectivity index (χ2n) is 4.59. The van der Waals surface area contributed by atoms with Crippen LogP contribution in [0.2, 0.25) is 0 Å². The molecule has 6 heteroatoms. The van der Waals surface area contributed by atoms with Crippen molar-refractivity contribution in [2.24, 2.45) is 0 Å². The maximum atomic E-state index is 12.1. The molecule has 0 radical (unpaired) electrons. The quantitative estimate of drug-likeness (QED) is 0.651. The standard InChI is InChI=1S/C13H17N3O3/c17-13(15-7-2-5-14-6-8-15)10-11-3-1-4-12(9-11)16(18)19/h1,3-4,9,14H,2,5-8,10H2. The Labute approximate surface area is 111 Å². The molecule has 6 nitrogen and oxygen atoms in total. The van der Waals surface area contributed by atoms with Crippen LogP contribution in [0, 0.1) is 10.1 Å². The van der Waals surface area contributed by atoms with Gasteiger partial charge in [-0.2, -0.15) is 0 Å². The molecule has 0 bridgehead atoms. The largest absolute Gasteiger partial charge is 0.341 e. The molecule has 1 aromatic rings. The van der Waals surface area contributed by atoms with E-state index in [-0.39, 0.29) is 18.0 Å². The number of carbonyl (C=O) groups excluding carboxylic acids is 1. The first-order chi connectivity index (χ1) is 9.16. The zero-order valence-electron chi connectivity index (χ0n) is 10.7. The van der Waals surface area contributed by atoms with Gasteiger partial charge in [0, 0.05) is 31.8 Å². The minimum atomic E-state index is -0.441. The average molecular weight is 263 g/mol. The van der Waals surface area contributed by atoms with Gasteiger partial charge in [0.25, 0.3) is 5.69 Å². The van der Waals surface area contributed by atoms with Crippen LogP contribution in [0.25, 0.3) is 0 Å². The van der Waals surface area contributed by atoms with E-state index in [0.717, 1.165) is 26.1 Å². The molecule has 0 aliphatic carbocycles. The molecule has 1 fully saturated rings. The molecule has 1 aliphatic rings. The summed E-state index contributed by atoms with van der Waals surface area (Å²) >= 11 is 0. The lowest BCUT2D eigenvalue weighted by atomic mass is 10.1. The number of non-ortho nitro benzene ring substituents is 1. The number of carbonyl (C=O) groups is 1. The molecular weight excluding hydrogens is 246 g/mol. The molecule has 1 heterocycles. The molecule has 2 rings (SSSR count). The fourth-order valence-corrected chi connectivity index (χ4v) is 2.16. The van der Waals surface area contributed by atoms with Crippen molar-refractivity contribution in [3.05, 3.63) is 39.9 Å². The molecule has 1 N–H and O–H groups in total. The summed E-state index contributed by atoms with van der Waals surface area (Å²) in [5.74, 6) is 0.0317. The van der Waals surface area contributed by atoms with Gasteiger partial charge in [-0.3, -0.25) is 14.9 Å². The zero-order chi connectivity index (χ0) is 13.7. The Morgan fingerprint density at radius 1 is 1.37 bits per heavy atom. The molecule has 0 aromatic heterocycles. The number of rotatable bonds is 3. The smallest absolute Gasteiger partial charge is 0.269 e. The first-order valence-corrected chi connectivity index (χ1v) is 6.38. The number of nitrogens with one attached hydrogen (secondary N) is 1. The lowest BCUT2D eigenvalue weighted by Crippen LogP contribution is -2.35. The van der Waals surface area contributed by atoms with Crippen molar-refractivity contribution in [1.29, 1.82) is 0 Å². The summed E-state index contributed by atoms with van der Waals surface area (Å²) in [6.45, 7) is 3.19. The van der Waals surface area contributed by atoms with E-state index < -0.39 is 4.92 Å². The number of nitro groups is 1. The third-order valence-electron chi connectivity index (χ3n) is 3.17. The van der Waals surface area contributed by atoms with Crippen LogP contribution in [0.5, 0.6) is 0 Å². The van der Waals surface area contributed by atoms with E-state index in [9.17, 15) is 14.9 Å². The first-order valence-electron chi connectivity index (χ1n) is 6.38. The Morgan fingerprint density at radius 3 is 3.00 bits per heavy atom. The second-order valence-corrected chi connectivity index (χ2v) is 4.59. The minimum absolute atomic E-state index is 0.0304. The maximum absolute atomic E-state index is 12.1. The van der Waals surface area contributed by atoms with Crippen LogP contribution in [0.1, 0.15) is 12.0 Å². The van der Waals surface area contributed by atoms with Crippen molar-refractivity contribution >= 4 is 11.6 Å². The van der Waals surface area contributed by atoms with E-state index >= 15 is 0 Å². The molecule has 0 atom stereocenters. The third kappa shape index (κ3) is 3.75. The highest BCUT2D eigenvalue weighted by atomic mass is 16.6. The fourth-order valence-electron chi connectivity index (χ4n) is 2.16. The Morgan fingerprint density at radius 2 is 2.21 bits per heavy atom. The molecule has 102 valence electrons. The van der Waals surface area contributed by atoms with E-state index in [4.69, 9.17) is 0 Å². The number of nitro benzene ring substituents is 1. The van der Waals surface area contributed by atoms with Crippen LogP contribution >= 0.6 is 0 Å². The van der Waals surface area contributed by atoms with Crippen molar-refractivity contribution in [3.63, 3.8) is 0 Å². The van der Waals surface area contributed by atoms with Crippen molar-refractivity contribution in [1.82, 2.24) is 10.2 Å². The van der Waals surface area contributed by atoms with E-state index in [1.165, 1.54) is 12.1 Å². The van der Waals surface area contributed by atoms with E-state index in [1.807, 2.05) is 4.90 Å². The molecule has 1 saturated heterocycles. The Hall–Kier alpha value is -1.95. The number of hydrogen-bond donors (Lipinski definition) is 1. The van der Waals surface area contributed by atoms with Gasteiger partial charge in [-0.15, -0.1) is 0 Å². The van der Waals surface area contributed by atoms with Crippen molar-refractivity contribution < 1.29 is 9.72 Å². The van der Waals surface area contributed by atoms with Gasteiger partial charge in [0.1, 0.15) is 0 Å². The highest BCUT2D eigenvalue weighted by molar-refractivity contribution is 5.79. The maximum Gasteiger partial charge on any atom is 0.269 e. The normalized spacial score (nSPS) is 15.9. The number of hydrogen-bond acceptors (Lipinski definition) is 4. The van der Waals surface area contributed by atoms with Crippen LogP contribution in [0.4, 0.5) is 5.69 Å². The predicted molar refractivity (Wildman–Crippen MR) is 70.9 cm³/mol. The summed E-state index contributed by atoms with van der Waals surface area (Å²) in [7, 11) is 0. The summed E-state index contributed by atoms with van der Waals surface area (Å²) in [6, 6.07) is 6.27. The van der Waals surface area contributed by atoms with Gasteiger partial charge in [0.2, 0.25) is 5.91 Å². The summed E-state index contributed by atoms with van der Waals surface area (Å²) < 4.78 is 0. The van der Waals surface area contributed by atoms with Gasteiger partial charge in [0.15, 0.2) is 0 Å². The van der Waals surface area contributed by atoms with Crippen LogP contribution in [-0.2, 0) is 11.2 Å². The first kappa shape index (κ1) is 13.5. The molecule has 1 amide bonds. The molecule has 1 aliphatic heterocycles. The molecule has 0 unspecified atom stereocenters. The van der Waals surface area contributed by atoms with Crippen LogP contribution in [-0.4, -0.2) is 41.9 Å². The van der Waals surface area contributed by atoms with Gasteiger partial charge < -0.3 is 10.2 Å². The number of amides is 1. The topological polar surface area (TPSA) is 75.5 Å². The Kier molecular flexibility index (Phi) is 4.46. The number of benzene rings is 1. The fraction of sp³-hybridized carbons (Fsp3) is 0.462. The molecular formula is C13H17N3O3. The van der Waals surface area contributed by atoms with Gasteiger partial charge in [-0.25, -0.2) is 0 Å². The van der Waals surface area contributed by atoms with Gasteiger partial charge in [-0.1, -0.05) is 12.1 Å². The number of nitrogens with zero attached hydrogens (tertiary/aromatic N) is 2. The Bertz CT molecular complexity index is 468. The van der Waals surface area contributed by atoms with Crippen molar-refractivity contribution in [2.45, 2.75) is 12.8 Å². The highest BCUT2D eigenvalue weighted by Crippen LogP contribution is 2.14. The van der Waals surface area contributed by atoms with Gasteiger partial charge in [-0.05, 0) is 18.5 Å².